The lowest BCUT2D eigenvalue weighted by molar-refractivity contribution is -0.141. The number of carbonyl (C=O) groups is 1. The summed E-state index contributed by atoms with van der Waals surface area (Å²) < 4.78 is 42.7. The van der Waals surface area contributed by atoms with Crippen molar-refractivity contribution in [3.63, 3.8) is 0 Å². The third-order valence-corrected chi connectivity index (χ3v) is 2.63. The van der Waals surface area contributed by atoms with E-state index >= 15 is 0 Å². The van der Waals surface area contributed by atoms with Crippen molar-refractivity contribution >= 4 is 6.09 Å². The SMILES string of the molecule is NC(=O)OC1CC(n2ccc(C(F)(F)F)n2)C1. The van der Waals surface area contributed by atoms with Crippen LogP contribution in [-0.2, 0) is 10.9 Å². The molecule has 0 aliphatic heterocycles. The van der Waals surface area contributed by atoms with Gasteiger partial charge in [-0.2, -0.15) is 18.3 Å². The highest BCUT2D eigenvalue weighted by atomic mass is 19.4. The van der Waals surface area contributed by atoms with E-state index in [1.165, 1.54) is 10.9 Å². The topological polar surface area (TPSA) is 70.1 Å². The fraction of sp³-hybridized carbons (Fsp3) is 0.556. The molecule has 0 atom stereocenters. The van der Waals surface area contributed by atoms with E-state index in [2.05, 4.69) is 9.84 Å². The van der Waals surface area contributed by atoms with Crippen molar-refractivity contribution in [1.82, 2.24) is 9.78 Å². The molecular weight excluding hydrogens is 239 g/mol. The van der Waals surface area contributed by atoms with Crippen LogP contribution in [0.4, 0.5) is 18.0 Å². The van der Waals surface area contributed by atoms with Gasteiger partial charge in [0.05, 0.1) is 6.04 Å². The van der Waals surface area contributed by atoms with Crippen molar-refractivity contribution in [2.45, 2.75) is 31.2 Å². The van der Waals surface area contributed by atoms with Crippen LogP contribution in [-0.4, -0.2) is 22.0 Å². The van der Waals surface area contributed by atoms with Gasteiger partial charge in [-0.3, -0.25) is 4.68 Å². The zero-order valence-corrected chi connectivity index (χ0v) is 8.65. The van der Waals surface area contributed by atoms with Crippen LogP contribution in [0.3, 0.4) is 0 Å². The first-order valence-corrected chi connectivity index (χ1v) is 4.94. The molecule has 0 bridgehead atoms. The molecule has 0 spiro atoms. The van der Waals surface area contributed by atoms with Crippen molar-refractivity contribution in [3.05, 3.63) is 18.0 Å². The molecule has 0 unspecified atom stereocenters. The second-order valence-corrected chi connectivity index (χ2v) is 3.86. The third-order valence-electron chi connectivity index (χ3n) is 2.63. The maximum Gasteiger partial charge on any atom is 0.435 e. The Morgan fingerprint density at radius 3 is 2.65 bits per heavy atom. The molecule has 1 aromatic rings. The maximum absolute atomic E-state index is 12.3. The van der Waals surface area contributed by atoms with E-state index in [0.717, 1.165) is 6.07 Å². The highest BCUT2D eigenvalue weighted by Crippen LogP contribution is 2.35. The summed E-state index contributed by atoms with van der Waals surface area (Å²) in [5.74, 6) is 0. The third kappa shape index (κ3) is 2.51. The molecule has 1 saturated carbocycles. The number of primary amides is 1. The lowest BCUT2D eigenvalue weighted by Gasteiger charge is -2.34. The van der Waals surface area contributed by atoms with Gasteiger partial charge in [0.2, 0.25) is 0 Å². The van der Waals surface area contributed by atoms with E-state index in [-0.39, 0.29) is 12.1 Å². The molecule has 1 heterocycles. The number of ether oxygens (including phenoxy) is 1. The predicted molar refractivity (Wildman–Crippen MR) is 50.0 cm³/mol. The van der Waals surface area contributed by atoms with E-state index in [4.69, 9.17) is 5.73 Å². The lowest BCUT2D eigenvalue weighted by atomic mass is 9.89. The van der Waals surface area contributed by atoms with Crippen molar-refractivity contribution < 1.29 is 22.7 Å². The molecule has 0 aromatic carbocycles. The van der Waals surface area contributed by atoms with Crippen LogP contribution in [0.1, 0.15) is 24.6 Å². The van der Waals surface area contributed by atoms with Crippen LogP contribution in [0.25, 0.3) is 0 Å². The number of nitrogens with two attached hydrogens (primary N) is 1. The Kier molecular flexibility index (Phi) is 2.72. The Labute approximate surface area is 94.3 Å². The number of hydrogen-bond acceptors (Lipinski definition) is 3. The van der Waals surface area contributed by atoms with E-state index in [1.807, 2.05) is 0 Å². The zero-order valence-electron chi connectivity index (χ0n) is 8.65. The number of hydrogen-bond donors (Lipinski definition) is 1. The molecule has 0 saturated heterocycles. The largest absolute Gasteiger partial charge is 0.446 e. The van der Waals surface area contributed by atoms with Gasteiger partial charge in [0.15, 0.2) is 5.69 Å². The van der Waals surface area contributed by atoms with Crippen LogP contribution in [0.5, 0.6) is 0 Å². The summed E-state index contributed by atoms with van der Waals surface area (Å²) in [6.45, 7) is 0. The van der Waals surface area contributed by atoms with Crippen molar-refractivity contribution in [2.24, 2.45) is 5.73 Å². The summed E-state index contributed by atoms with van der Waals surface area (Å²) >= 11 is 0. The molecular formula is C9H10F3N3O2. The Bertz CT molecular complexity index is 423. The molecule has 1 amide bonds. The average molecular weight is 249 g/mol. The van der Waals surface area contributed by atoms with Crippen LogP contribution < -0.4 is 5.73 Å². The Morgan fingerprint density at radius 1 is 1.53 bits per heavy atom. The number of halogens is 3. The van der Waals surface area contributed by atoms with Gasteiger partial charge in [0, 0.05) is 19.0 Å². The number of nitrogens with zero attached hydrogens (tertiary/aromatic N) is 2. The molecule has 1 aromatic heterocycles. The van der Waals surface area contributed by atoms with Gasteiger partial charge in [-0.15, -0.1) is 0 Å². The van der Waals surface area contributed by atoms with Crippen molar-refractivity contribution in [1.29, 1.82) is 0 Å². The Morgan fingerprint density at radius 2 is 2.18 bits per heavy atom. The van der Waals surface area contributed by atoms with Gasteiger partial charge >= 0.3 is 12.3 Å². The van der Waals surface area contributed by atoms with E-state index in [0.29, 0.717) is 12.8 Å². The van der Waals surface area contributed by atoms with E-state index in [1.54, 1.807) is 0 Å². The highest BCUT2D eigenvalue weighted by Gasteiger charge is 2.37. The first-order chi connectivity index (χ1) is 7.86. The Balaban J connectivity index is 1.93. The molecule has 2 N–H and O–H groups in total. The fourth-order valence-corrected chi connectivity index (χ4v) is 1.71. The molecule has 8 heteroatoms. The molecule has 0 radical (unpaired) electrons. The summed E-state index contributed by atoms with van der Waals surface area (Å²) in [6.07, 6.45) is -3.49. The number of aromatic nitrogens is 2. The minimum absolute atomic E-state index is 0.171. The number of rotatable bonds is 2. The van der Waals surface area contributed by atoms with Gasteiger partial charge in [-0.05, 0) is 6.07 Å². The highest BCUT2D eigenvalue weighted by molar-refractivity contribution is 5.64. The molecule has 94 valence electrons. The molecule has 5 nitrogen and oxygen atoms in total. The quantitative estimate of drug-likeness (QED) is 0.867. The van der Waals surface area contributed by atoms with Gasteiger partial charge in [-0.25, -0.2) is 4.79 Å². The van der Waals surface area contributed by atoms with E-state index in [9.17, 15) is 18.0 Å². The summed E-state index contributed by atoms with van der Waals surface area (Å²) in [4.78, 5) is 10.4. The van der Waals surface area contributed by atoms with Crippen molar-refractivity contribution in [3.8, 4) is 0 Å². The summed E-state index contributed by atoms with van der Waals surface area (Å²) in [7, 11) is 0. The minimum atomic E-state index is -4.43. The van der Waals surface area contributed by atoms with E-state index < -0.39 is 18.0 Å². The van der Waals surface area contributed by atoms with Crippen molar-refractivity contribution in [2.75, 3.05) is 0 Å². The molecule has 2 rings (SSSR count). The average Bonchev–Trinajstić information content (AvgIpc) is 2.57. The fourth-order valence-electron chi connectivity index (χ4n) is 1.71. The zero-order chi connectivity index (χ0) is 12.6. The summed E-state index contributed by atoms with van der Waals surface area (Å²) in [5, 5.41) is 3.44. The number of alkyl halides is 3. The van der Waals surface area contributed by atoms with Crippen LogP contribution in [0.15, 0.2) is 12.3 Å². The minimum Gasteiger partial charge on any atom is -0.446 e. The van der Waals surface area contributed by atoms with Gasteiger partial charge < -0.3 is 10.5 Å². The molecule has 1 aliphatic carbocycles. The molecule has 1 aliphatic rings. The first kappa shape index (κ1) is 11.7. The maximum atomic E-state index is 12.3. The van der Waals surface area contributed by atoms with Crippen LogP contribution in [0.2, 0.25) is 0 Å². The summed E-state index contributed by atoms with van der Waals surface area (Å²) in [5.41, 5.74) is 3.90. The van der Waals surface area contributed by atoms with Gasteiger partial charge in [0.1, 0.15) is 6.10 Å². The molecule has 17 heavy (non-hydrogen) atoms. The predicted octanol–water partition coefficient (Wildman–Crippen LogP) is 1.70. The van der Waals surface area contributed by atoms with Crippen LogP contribution in [0, 0.1) is 0 Å². The van der Waals surface area contributed by atoms with Gasteiger partial charge in [0.25, 0.3) is 0 Å². The first-order valence-electron chi connectivity index (χ1n) is 4.94. The second kappa shape index (κ2) is 3.94. The normalized spacial score (nSPS) is 24.2. The second-order valence-electron chi connectivity index (χ2n) is 3.86. The molecule has 1 fully saturated rings. The lowest BCUT2D eigenvalue weighted by Crippen LogP contribution is -2.36. The van der Waals surface area contributed by atoms with Gasteiger partial charge in [-0.1, -0.05) is 0 Å². The number of amides is 1. The van der Waals surface area contributed by atoms with Crippen LogP contribution >= 0.6 is 0 Å². The monoisotopic (exact) mass is 249 g/mol. The summed E-state index contributed by atoms with van der Waals surface area (Å²) in [6, 6.07) is 0.748. The smallest absolute Gasteiger partial charge is 0.435 e. The Hall–Kier alpha value is -1.73. The standard InChI is InChI=1S/C9H10F3N3O2/c10-9(11,12)7-1-2-15(14-7)5-3-6(4-5)17-8(13)16/h1-2,5-6H,3-4H2,(H2,13,16). The number of carbonyl (C=O) groups excluding carboxylic acids is 1.